The van der Waals surface area contributed by atoms with Crippen LogP contribution in [0.1, 0.15) is 35.7 Å². The van der Waals surface area contributed by atoms with Crippen molar-refractivity contribution in [2.75, 3.05) is 0 Å². The Balaban J connectivity index is 2.00. The zero-order valence-corrected chi connectivity index (χ0v) is 12.1. The summed E-state index contributed by atoms with van der Waals surface area (Å²) in [5, 5.41) is 6.75. The second-order valence-electron chi connectivity index (χ2n) is 4.87. The molecule has 1 aromatic carbocycles. The van der Waals surface area contributed by atoms with Gasteiger partial charge in [-0.2, -0.15) is 0 Å². The molecule has 2 nitrogen and oxygen atoms in total. The quantitative estimate of drug-likeness (QED) is 0.889. The predicted octanol–water partition coefficient (Wildman–Crippen LogP) is 3.54. The van der Waals surface area contributed by atoms with E-state index in [0.29, 0.717) is 6.04 Å². The van der Waals surface area contributed by atoms with Crippen LogP contribution in [0.5, 0.6) is 0 Å². The summed E-state index contributed by atoms with van der Waals surface area (Å²) in [6.07, 6.45) is 0.943. The molecule has 0 bridgehead atoms. The molecule has 2 rings (SSSR count). The van der Waals surface area contributed by atoms with E-state index in [-0.39, 0.29) is 0 Å². The largest absolute Gasteiger partial charge is 0.309 e. The third kappa shape index (κ3) is 3.65. The lowest BCUT2D eigenvalue weighted by atomic mass is 10.1. The maximum atomic E-state index is 4.67. The lowest BCUT2D eigenvalue weighted by Gasteiger charge is -2.05. The molecule has 0 aliphatic rings. The normalized spacial score (nSPS) is 11.1. The number of nitrogens with zero attached hydrogens (tertiary/aromatic N) is 1. The summed E-state index contributed by atoms with van der Waals surface area (Å²) >= 11 is 1.75. The van der Waals surface area contributed by atoms with E-state index >= 15 is 0 Å². The van der Waals surface area contributed by atoms with Crippen LogP contribution in [0.4, 0.5) is 0 Å². The highest BCUT2D eigenvalue weighted by Gasteiger charge is 2.05. The number of thiazole rings is 1. The van der Waals surface area contributed by atoms with Gasteiger partial charge in [0.1, 0.15) is 0 Å². The summed E-state index contributed by atoms with van der Waals surface area (Å²) in [5.74, 6) is 0. The van der Waals surface area contributed by atoms with Crippen LogP contribution in [0, 0.1) is 6.92 Å². The Bertz CT molecular complexity index is 503. The van der Waals surface area contributed by atoms with Crippen molar-refractivity contribution in [1.82, 2.24) is 10.3 Å². The van der Waals surface area contributed by atoms with Crippen molar-refractivity contribution in [1.29, 1.82) is 0 Å². The van der Waals surface area contributed by atoms with Crippen molar-refractivity contribution < 1.29 is 0 Å². The smallest absolute Gasteiger partial charge is 0.0972 e. The highest BCUT2D eigenvalue weighted by atomic mass is 32.1. The van der Waals surface area contributed by atoms with E-state index in [1.807, 2.05) is 0 Å². The average molecular weight is 260 g/mol. The molecule has 1 aromatic heterocycles. The lowest BCUT2D eigenvalue weighted by molar-refractivity contribution is 0.582. The fourth-order valence-electron chi connectivity index (χ4n) is 1.79. The van der Waals surface area contributed by atoms with Crippen molar-refractivity contribution in [3.8, 4) is 0 Å². The number of aromatic nitrogens is 1. The van der Waals surface area contributed by atoms with Gasteiger partial charge in [0, 0.05) is 24.4 Å². The van der Waals surface area contributed by atoms with Crippen LogP contribution < -0.4 is 5.32 Å². The van der Waals surface area contributed by atoms with E-state index in [1.165, 1.54) is 16.1 Å². The van der Waals surface area contributed by atoms with Gasteiger partial charge in [0.25, 0.3) is 0 Å². The SMILES string of the molecule is Cc1ccccc1Cc1nc(CNC(C)C)cs1. The standard InChI is InChI=1S/C15H20N2S/c1-11(2)16-9-14-10-18-15(17-14)8-13-7-5-4-6-12(13)3/h4-7,10-11,16H,8-9H2,1-3H3. The Morgan fingerprint density at radius 1 is 1.28 bits per heavy atom. The van der Waals surface area contributed by atoms with Crippen molar-refractivity contribution in [3.63, 3.8) is 0 Å². The van der Waals surface area contributed by atoms with Gasteiger partial charge in [-0.05, 0) is 18.1 Å². The fourth-order valence-corrected chi connectivity index (χ4v) is 2.61. The first-order chi connectivity index (χ1) is 8.65. The molecule has 0 radical (unpaired) electrons. The Hall–Kier alpha value is -1.19. The molecule has 0 unspecified atom stereocenters. The van der Waals surface area contributed by atoms with E-state index in [4.69, 9.17) is 0 Å². The average Bonchev–Trinajstić information content (AvgIpc) is 2.77. The van der Waals surface area contributed by atoms with Gasteiger partial charge < -0.3 is 5.32 Å². The number of nitrogens with one attached hydrogen (secondary N) is 1. The molecule has 0 fully saturated rings. The minimum Gasteiger partial charge on any atom is -0.309 e. The van der Waals surface area contributed by atoms with Gasteiger partial charge in [-0.1, -0.05) is 38.1 Å². The highest BCUT2D eigenvalue weighted by Crippen LogP contribution is 2.17. The summed E-state index contributed by atoms with van der Waals surface area (Å²) in [7, 11) is 0. The molecule has 0 saturated heterocycles. The van der Waals surface area contributed by atoms with Crippen LogP contribution >= 0.6 is 11.3 Å². The lowest BCUT2D eigenvalue weighted by Crippen LogP contribution is -2.21. The first-order valence-electron chi connectivity index (χ1n) is 6.36. The minimum atomic E-state index is 0.506. The van der Waals surface area contributed by atoms with Gasteiger partial charge in [-0.3, -0.25) is 0 Å². The summed E-state index contributed by atoms with van der Waals surface area (Å²) in [6, 6.07) is 9.02. The Morgan fingerprint density at radius 3 is 2.78 bits per heavy atom. The molecule has 0 amide bonds. The molecule has 0 saturated carbocycles. The summed E-state index contributed by atoms with van der Waals surface area (Å²) in [4.78, 5) is 4.67. The van der Waals surface area contributed by atoms with Crippen molar-refractivity contribution >= 4 is 11.3 Å². The third-order valence-corrected chi connectivity index (χ3v) is 3.79. The maximum absolute atomic E-state index is 4.67. The second kappa shape index (κ2) is 6.12. The monoisotopic (exact) mass is 260 g/mol. The van der Waals surface area contributed by atoms with Gasteiger partial charge >= 0.3 is 0 Å². The molecular formula is C15H20N2S. The molecule has 1 heterocycles. The summed E-state index contributed by atoms with van der Waals surface area (Å²) in [6.45, 7) is 7.33. The van der Waals surface area contributed by atoms with Gasteiger partial charge in [0.2, 0.25) is 0 Å². The van der Waals surface area contributed by atoms with Crippen molar-refractivity contribution in [2.45, 2.75) is 39.8 Å². The zero-order chi connectivity index (χ0) is 13.0. The van der Waals surface area contributed by atoms with Crippen molar-refractivity contribution in [2.24, 2.45) is 0 Å². The number of hydrogen-bond acceptors (Lipinski definition) is 3. The molecule has 0 aliphatic carbocycles. The second-order valence-corrected chi connectivity index (χ2v) is 5.81. The van der Waals surface area contributed by atoms with E-state index in [0.717, 1.165) is 18.7 Å². The molecule has 0 spiro atoms. The molecule has 0 aliphatic heterocycles. The fraction of sp³-hybridized carbons (Fsp3) is 0.400. The topological polar surface area (TPSA) is 24.9 Å². The first-order valence-corrected chi connectivity index (χ1v) is 7.24. The van der Waals surface area contributed by atoms with E-state index < -0.39 is 0 Å². The summed E-state index contributed by atoms with van der Waals surface area (Å²) < 4.78 is 0. The van der Waals surface area contributed by atoms with Crippen LogP contribution in [0.15, 0.2) is 29.6 Å². The van der Waals surface area contributed by atoms with Crippen LogP contribution in [-0.2, 0) is 13.0 Å². The van der Waals surface area contributed by atoms with Crippen LogP contribution in [-0.4, -0.2) is 11.0 Å². The van der Waals surface area contributed by atoms with Gasteiger partial charge in [-0.25, -0.2) is 4.98 Å². The molecule has 2 aromatic rings. The van der Waals surface area contributed by atoms with Gasteiger partial charge in [-0.15, -0.1) is 11.3 Å². The molecular weight excluding hydrogens is 240 g/mol. The molecule has 3 heteroatoms. The minimum absolute atomic E-state index is 0.506. The van der Waals surface area contributed by atoms with Crippen LogP contribution in [0.25, 0.3) is 0 Å². The molecule has 0 atom stereocenters. The van der Waals surface area contributed by atoms with E-state index in [2.05, 4.69) is 60.7 Å². The Labute approximate surface area is 113 Å². The number of aryl methyl sites for hydroxylation is 1. The molecule has 1 N–H and O–H groups in total. The first kappa shape index (κ1) is 13.2. The number of rotatable bonds is 5. The molecule has 96 valence electrons. The highest BCUT2D eigenvalue weighted by molar-refractivity contribution is 7.09. The van der Waals surface area contributed by atoms with Crippen LogP contribution in [0.2, 0.25) is 0 Å². The van der Waals surface area contributed by atoms with E-state index in [1.54, 1.807) is 11.3 Å². The van der Waals surface area contributed by atoms with Crippen molar-refractivity contribution in [3.05, 3.63) is 51.5 Å². The Kier molecular flexibility index (Phi) is 4.50. The maximum Gasteiger partial charge on any atom is 0.0972 e. The Morgan fingerprint density at radius 2 is 2.06 bits per heavy atom. The number of hydrogen-bond donors (Lipinski definition) is 1. The third-order valence-electron chi connectivity index (χ3n) is 2.89. The van der Waals surface area contributed by atoms with Crippen LogP contribution in [0.3, 0.4) is 0 Å². The predicted molar refractivity (Wildman–Crippen MR) is 78.1 cm³/mol. The summed E-state index contributed by atoms with van der Waals surface area (Å²) in [5.41, 5.74) is 3.86. The van der Waals surface area contributed by atoms with E-state index in [9.17, 15) is 0 Å². The number of benzene rings is 1. The molecule has 18 heavy (non-hydrogen) atoms. The van der Waals surface area contributed by atoms with Gasteiger partial charge in [0.15, 0.2) is 0 Å². The van der Waals surface area contributed by atoms with Gasteiger partial charge in [0.05, 0.1) is 10.7 Å². The zero-order valence-electron chi connectivity index (χ0n) is 11.2.